The second kappa shape index (κ2) is 5.96. The first kappa shape index (κ1) is 14.4. The zero-order valence-electron chi connectivity index (χ0n) is 11.1. The number of anilines is 2. The summed E-state index contributed by atoms with van der Waals surface area (Å²) >= 11 is 5.16. The fourth-order valence-electron chi connectivity index (χ4n) is 1.76. The van der Waals surface area contributed by atoms with E-state index in [0.717, 1.165) is 0 Å². The lowest BCUT2D eigenvalue weighted by Gasteiger charge is -2.14. The van der Waals surface area contributed by atoms with Gasteiger partial charge in [-0.2, -0.15) is 0 Å². The first-order valence-electron chi connectivity index (χ1n) is 6.07. The van der Waals surface area contributed by atoms with Crippen LogP contribution >= 0.6 is 12.2 Å². The van der Waals surface area contributed by atoms with Crippen LogP contribution in [0.2, 0.25) is 0 Å². The summed E-state index contributed by atoms with van der Waals surface area (Å²) in [5, 5.41) is 6.09. The first-order chi connectivity index (χ1) is 9.49. The second-order valence-electron chi connectivity index (χ2n) is 4.40. The molecule has 0 aliphatic carbocycles. The number of halogens is 2. The monoisotopic (exact) mass is 292 g/mol. The average Bonchev–Trinajstić information content (AvgIpc) is 2.40. The third-order valence-electron chi connectivity index (χ3n) is 3.03. The van der Waals surface area contributed by atoms with Gasteiger partial charge >= 0.3 is 0 Å². The van der Waals surface area contributed by atoms with Gasteiger partial charge in [0.15, 0.2) is 5.11 Å². The Morgan fingerprint density at radius 2 is 1.25 bits per heavy atom. The normalized spacial score (nSPS) is 10.2. The predicted octanol–water partition coefficient (Wildman–Crippen LogP) is 4.39. The van der Waals surface area contributed by atoms with E-state index in [-0.39, 0.29) is 16.7 Å². The maximum absolute atomic E-state index is 13.4. The molecule has 0 amide bonds. The van der Waals surface area contributed by atoms with Gasteiger partial charge in [-0.25, -0.2) is 8.78 Å². The third-order valence-corrected chi connectivity index (χ3v) is 3.24. The Bertz CT molecular complexity index is 601. The van der Waals surface area contributed by atoms with Gasteiger partial charge in [-0.1, -0.05) is 12.1 Å². The zero-order valence-corrected chi connectivity index (χ0v) is 11.9. The van der Waals surface area contributed by atoms with Crippen LogP contribution in [0.5, 0.6) is 0 Å². The number of benzene rings is 2. The van der Waals surface area contributed by atoms with E-state index in [1.807, 2.05) is 0 Å². The minimum atomic E-state index is -0.306. The number of hydrogen-bond acceptors (Lipinski definition) is 1. The van der Waals surface area contributed by atoms with Crippen molar-refractivity contribution in [3.63, 3.8) is 0 Å². The molecule has 2 aromatic rings. The van der Waals surface area contributed by atoms with Crippen molar-refractivity contribution >= 4 is 28.7 Å². The molecular weight excluding hydrogens is 278 g/mol. The first-order valence-corrected chi connectivity index (χ1v) is 6.48. The van der Waals surface area contributed by atoms with Gasteiger partial charge in [-0.3, -0.25) is 0 Å². The lowest BCUT2D eigenvalue weighted by atomic mass is 10.2. The van der Waals surface area contributed by atoms with E-state index >= 15 is 0 Å². The van der Waals surface area contributed by atoms with Gasteiger partial charge in [0.05, 0.1) is 0 Å². The van der Waals surface area contributed by atoms with Crippen LogP contribution in [0.4, 0.5) is 20.2 Å². The van der Waals surface area contributed by atoms with E-state index in [0.29, 0.717) is 22.5 Å². The van der Waals surface area contributed by atoms with Crippen LogP contribution in [-0.2, 0) is 0 Å². The maximum Gasteiger partial charge on any atom is 0.175 e. The SMILES string of the molecule is Cc1c(F)cccc1NC(=S)Nc1cccc(F)c1C. The fraction of sp³-hybridized carbons (Fsp3) is 0.133. The van der Waals surface area contributed by atoms with Crippen LogP contribution in [0, 0.1) is 25.5 Å². The highest BCUT2D eigenvalue weighted by atomic mass is 32.1. The van der Waals surface area contributed by atoms with E-state index < -0.39 is 0 Å². The second-order valence-corrected chi connectivity index (χ2v) is 4.81. The van der Waals surface area contributed by atoms with Crippen molar-refractivity contribution in [3.8, 4) is 0 Å². The van der Waals surface area contributed by atoms with Crippen LogP contribution in [0.25, 0.3) is 0 Å². The van der Waals surface area contributed by atoms with Crippen molar-refractivity contribution in [2.75, 3.05) is 10.6 Å². The van der Waals surface area contributed by atoms with Gasteiger partial charge in [0.1, 0.15) is 11.6 Å². The Kier molecular flexibility index (Phi) is 4.29. The van der Waals surface area contributed by atoms with E-state index in [1.165, 1.54) is 12.1 Å². The summed E-state index contributed by atoms with van der Waals surface area (Å²) in [6.45, 7) is 3.32. The highest BCUT2D eigenvalue weighted by Crippen LogP contribution is 2.20. The van der Waals surface area contributed by atoms with Crippen molar-refractivity contribution in [2.24, 2.45) is 0 Å². The van der Waals surface area contributed by atoms with Crippen LogP contribution in [0.15, 0.2) is 36.4 Å². The van der Waals surface area contributed by atoms with Crippen LogP contribution in [-0.4, -0.2) is 5.11 Å². The minimum absolute atomic E-state index is 0.285. The Morgan fingerprint density at radius 1 is 0.850 bits per heavy atom. The number of rotatable bonds is 2. The quantitative estimate of drug-likeness (QED) is 0.803. The molecule has 0 unspecified atom stereocenters. The van der Waals surface area contributed by atoms with Gasteiger partial charge in [0.25, 0.3) is 0 Å². The molecule has 0 radical (unpaired) electrons. The van der Waals surface area contributed by atoms with E-state index in [1.54, 1.807) is 38.1 Å². The Balaban J connectivity index is 2.13. The van der Waals surface area contributed by atoms with Gasteiger partial charge in [-0.05, 0) is 50.3 Å². The number of hydrogen-bond donors (Lipinski definition) is 2. The average molecular weight is 292 g/mol. The van der Waals surface area contributed by atoms with Crippen molar-refractivity contribution in [3.05, 3.63) is 59.2 Å². The molecule has 0 aliphatic rings. The number of nitrogens with one attached hydrogen (secondary N) is 2. The van der Waals surface area contributed by atoms with E-state index in [9.17, 15) is 8.78 Å². The molecule has 2 nitrogen and oxygen atoms in total. The minimum Gasteiger partial charge on any atom is -0.332 e. The molecule has 104 valence electrons. The molecule has 0 fully saturated rings. The molecule has 0 aromatic heterocycles. The van der Waals surface area contributed by atoms with Crippen molar-refractivity contribution in [2.45, 2.75) is 13.8 Å². The van der Waals surface area contributed by atoms with E-state index in [4.69, 9.17) is 12.2 Å². The molecule has 0 atom stereocenters. The number of thiocarbonyl (C=S) groups is 1. The largest absolute Gasteiger partial charge is 0.332 e. The highest BCUT2D eigenvalue weighted by molar-refractivity contribution is 7.80. The molecule has 0 heterocycles. The molecule has 5 heteroatoms. The van der Waals surface area contributed by atoms with Gasteiger partial charge in [0.2, 0.25) is 0 Å². The third kappa shape index (κ3) is 3.11. The molecule has 0 saturated carbocycles. The van der Waals surface area contributed by atoms with Crippen LogP contribution in [0.1, 0.15) is 11.1 Å². The molecule has 2 rings (SSSR count). The molecule has 0 spiro atoms. The van der Waals surface area contributed by atoms with Crippen LogP contribution in [0.3, 0.4) is 0 Å². The summed E-state index contributed by atoms with van der Waals surface area (Å²) in [6, 6.07) is 9.42. The standard InChI is InChI=1S/C15H14F2N2S/c1-9-11(16)5-3-7-13(9)18-15(20)19-14-8-4-6-12(17)10(14)2/h3-8H,1-2H3,(H2,18,19,20). The summed E-state index contributed by atoms with van der Waals surface area (Å²) < 4.78 is 26.8. The van der Waals surface area contributed by atoms with Gasteiger partial charge in [0, 0.05) is 22.5 Å². The summed E-state index contributed by atoms with van der Waals surface area (Å²) in [5.74, 6) is -0.612. The Hall–Kier alpha value is -2.01. The van der Waals surface area contributed by atoms with Crippen LogP contribution < -0.4 is 10.6 Å². The topological polar surface area (TPSA) is 24.1 Å². The molecule has 2 aromatic carbocycles. The lowest BCUT2D eigenvalue weighted by molar-refractivity contribution is 0.619. The molecular formula is C15H14F2N2S. The molecule has 0 saturated heterocycles. The Morgan fingerprint density at radius 3 is 1.65 bits per heavy atom. The summed E-state index contributed by atoms with van der Waals surface area (Å²) in [4.78, 5) is 0. The predicted molar refractivity (Wildman–Crippen MR) is 82.1 cm³/mol. The van der Waals surface area contributed by atoms with Crippen molar-refractivity contribution in [1.82, 2.24) is 0 Å². The van der Waals surface area contributed by atoms with E-state index in [2.05, 4.69) is 10.6 Å². The summed E-state index contributed by atoms with van der Waals surface area (Å²) in [5.41, 5.74) is 2.12. The lowest BCUT2D eigenvalue weighted by Crippen LogP contribution is -2.20. The van der Waals surface area contributed by atoms with Crippen molar-refractivity contribution < 1.29 is 8.78 Å². The summed E-state index contributed by atoms with van der Waals surface area (Å²) in [7, 11) is 0. The summed E-state index contributed by atoms with van der Waals surface area (Å²) in [6.07, 6.45) is 0. The molecule has 0 aliphatic heterocycles. The highest BCUT2D eigenvalue weighted by Gasteiger charge is 2.07. The van der Waals surface area contributed by atoms with Gasteiger partial charge < -0.3 is 10.6 Å². The van der Waals surface area contributed by atoms with Crippen molar-refractivity contribution in [1.29, 1.82) is 0 Å². The Labute approximate surface area is 121 Å². The molecule has 20 heavy (non-hydrogen) atoms. The smallest absolute Gasteiger partial charge is 0.175 e. The molecule has 2 N–H and O–H groups in total. The fourth-order valence-corrected chi connectivity index (χ4v) is 1.98. The maximum atomic E-state index is 13.4. The molecule has 0 bridgehead atoms. The van der Waals surface area contributed by atoms with Gasteiger partial charge in [-0.15, -0.1) is 0 Å². The zero-order chi connectivity index (χ0) is 14.7.